The molecule has 3 rings (SSSR count). The third kappa shape index (κ3) is 4.71. The first-order chi connectivity index (χ1) is 13.8. The summed E-state index contributed by atoms with van der Waals surface area (Å²) in [6.07, 6.45) is 0.947. The minimum Gasteiger partial charge on any atom is -0.322 e. The van der Waals surface area contributed by atoms with Crippen LogP contribution >= 0.6 is 0 Å². The lowest BCUT2D eigenvalue weighted by atomic mass is 10.1. The van der Waals surface area contributed by atoms with E-state index < -0.39 is 15.7 Å². The van der Waals surface area contributed by atoms with Crippen LogP contribution in [0.25, 0.3) is 0 Å². The van der Waals surface area contributed by atoms with Crippen LogP contribution in [0.15, 0.2) is 53.4 Å². The van der Waals surface area contributed by atoms with Gasteiger partial charge in [-0.3, -0.25) is 19.3 Å². The summed E-state index contributed by atoms with van der Waals surface area (Å²) in [4.78, 5) is 37.3. The highest BCUT2D eigenvalue weighted by molar-refractivity contribution is 7.91. The summed E-state index contributed by atoms with van der Waals surface area (Å²) < 4.78 is 24.9. The van der Waals surface area contributed by atoms with Crippen LogP contribution in [0.1, 0.15) is 42.1 Å². The third-order valence-electron chi connectivity index (χ3n) is 4.65. The summed E-state index contributed by atoms with van der Waals surface area (Å²) in [5, 5.41) is 2.70. The molecule has 3 amide bonds. The van der Waals surface area contributed by atoms with Crippen molar-refractivity contribution >= 4 is 33.2 Å². The van der Waals surface area contributed by atoms with E-state index in [4.69, 9.17) is 0 Å². The van der Waals surface area contributed by atoms with Crippen molar-refractivity contribution < 1.29 is 22.8 Å². The van der Waals surface area contributed by atoms with Gasteiger partial charge in [0.1, 0.15) is 0 Å². The number of anilines is 1. The van der Waals surface area contributed by atoms with Crippen LogP contribution in [0.2, 0.25) is 0 Å². The number of imide groups is 1. The molecule has 7 nitrogen and oxygen atoms in total. The lowest BCUT2D eigenvalue weighted by Gasteiger charge is -2.14. The van der Waals surface area contributed by atoms with Gasteiger partial charge in [-0.1, -0.05) is 31.2 Å². The quantitative estimate of drug-likeness (QED) is 0.702. The molecule has 1 aliphatic heterocycles. The summed E-state index contributed by atoms with van der Waals surface area (Å²) in [7, 11) is -3.54. The zero-order chi connectivity index (χ0) is 21.0. The van der Waals surface area contributed by atoms with E-state index in [1.54, 1.807) is 43.3 Å². The van der Waals surface area contributed by atoms with Gasteiger partial charge < -0.3 is 5.32 Å². The van der Waals surface area contributed by atoms with Crippen LogP contribution < -0.4 is 5.32 Å². The fraction of sp³-hybridized carbons (Fsp3) is 0.286. The Hall–Kier alpha value is -3.00. The Kier molecular flexibility index (Phi) is 6.12. The van der Waals surface area contributed by atoms with Gasteiger partial charge in [0.15, 0.2) is 9.84 Å². The van der Waals surface area contributed by atoms with E-state index in [1.807, 2.05) is 0 Å². The molecule has 1 saturated heterocycles. The van der Waals surface area contributed by atoms with Crippen molar-refractivity contribution in [2.24, 2.45) is 0 Å². The normalized spacial score (nSPS) is 14.3. The molecule has 0 spiro atoms. The molecule has 0 radical (unpaired) electrons. The van der Waals surface area contributed by atoms with Crippen molar-refractivity contribution in [2.45, 2.75) is 37.6 Å². The highest BCUT2D eigenvalue weighted by Crippen LogP contribution is 2.21. The Morgan fingerprint density at radius 2 is 1.62 bits per heavy atom. The molecular weight excluding hydrogens is 392 g/mol. The molecule has 8 heteroatoms. The van der Waals surface area contributed by atoms with Crippen LogP contribution in [0.3, 0.4) is 0 Å². The topological polar surface area (TPSA) is 101 Å². The summed E-state index contributed by atoms with van der Waals surface area (Å²) in [6.45, 7) is 1.97. The zero-order valence-electron chi connectivity index (χ0n) is 16.1. The smallest absolute Gasteiger partial charge is 0.256 e. The van der Waals surface area contributed by atoms with Gasteiger partial charge in [0.25, 0.3) is 5.91 Å². The molecule has 0 atom stereocenters. The minimum atomic E-state index is -3.54. The van der Waals surface area contributed by atoms with Gasteiger partial charge in [0.05, 0.1) is 22.8 Å². The van der Waals surface area contributed by atoms with E-state index in [0.717, 1.165) is 5.56 Å². The second-order valence-electron chi connectivity index (χ2n) is 6.84. The molecular formula is C21H22N2O5S. The molecule has 0 saturated carbocycles. The maximum Gasteiger partial charge on any atom is 0.256 e. The number of likely N-dealkylation sites (tertiary alicyclic amines) is 1. The second kappa shape index (κ2) is 8.57. The van der Waals surface area contributed by atoms with Crippen molar-refractivity contribution in [3.05, 3.63) is 59.7 Å². The first-order valence-corrected chi connectivity index (χ1v) is 11.0. The van der Waals surface area contributed by atoms with Crippen molar-refractivity contribution in [3.63, 3.8) is 0 Å². The number of benzene rings is 2. The Bertz CT molecular complexity index is 1030. The highest BCUT2D eigenvalue weighted by atomic mass is 32.2. The third-order valence-corrected chi connectivity index (χ3v) is 6.62. The van der Waals surface area contributed by atoms with Crippen molar-refractivity contribution in [1.82, 2.24) is 4.90 Å². The number of amides is 3. The summed E-state index contributed by atoms with van der Waals surface area (Å²) in [6, 6.07) is 12.9. The molecule has 2 aromatic carbocycles. The number of carbonyl (C=O) groups excluding carboxylic acids is 3. The maximum absolute atomic E-state index is 12.7. The number of sulfone groups is 1. The summed E-state index contributed by atoms with van der Waals surface area (Å²) in [5.41, 5.74) is 1.34. The number of rotatable bonds is 7. The van der Waals surface area contributed by atoms with Gasteiger partial charge in [0.2, 0.25) is 11.8 Å². The molecule has 1 N–H and O–H groups in total. The van der Waals surface area contributed by atoms with Gasteiger partial charge in [-0.05, 0) is 36.2 Å². The van der Waals surface area contributed by atoms with E-state index >= 15 is 0 Å². The van der Waals surface area contributed by atoms with Crippen LogP contribution in [-0.4, -0.2) is 36.8 Å². The molecule has 1 aliphatic rings. The first kappa shape index (κ1) is 20.7. The molecule has 29 heavy (non-hydrogen) atoms. The Labute approximate surface area is 169 Å². The fourth-order valence-corrected chi connectivity index (χ4v) is 4.72. The van der Waals surface area contributed by atoms with E-state index in [0.29, 0.717) is 12.1 Å². The van der Waals surface area contributed by atoms with Crippen molar-refractivity contribution in [2.75, 3.05) is 11.1 Å². The average molecular weight is 414 g/mol. The number of nitrogens with one attached hydrogen (secondary N) is 1. The molecule has 0 aliphatic carbocycles. The van der Waals surface area contributed by atoms with Gasteiger partial charge >= 0.3 is 0 Å². The Morgan fingerprint density at radius 1 is 1.00 bits per heavy atom. The van der Waals surface area contributed by atoms with E-state index in [-0.39, 0.29) is 47.4 Å². The van der Waals surface area contributed by atoms with Crippen LogP contribution in [-0.2, 0) is 26.0 Å². The minimum absolute atomic E-state index is 0.0158. The van der Waals surface area contributed by atoms with Gasteiger partial charge in [-0.2, -0.15) is 0 Å². The van der Waals surface area contributed by atoms with Gasteiger partial charge in [-0.15, -0.1) is 0 Å². The van der Waals surface area contributed by atoms with Crippen LogP contribution in [0.4, 0.5) is 5.69 Å². The Morgan fingerprint density at radius 3 is 2.24 bits per heavy atom. The largest absolute Gasteiger partial charge is 0.322 e. The zero-order valence-corrected chi connectivity index (χ0v) is 16.9. The van der Waals surface area contributed by atoms with Crippen molar-refractivity contribution in [3.8, 4) is 0 Å². The molecule has 152 valence electrons. The van der Waals surface area contributed by atoms with E-state index in [2.05, 4.69) is 5.32 Å². The number of carbonyl (C=O) groups is 3. The summed E-state index contributed by atoms with van der Waals surface area (Å²) >= 11 is 0. The molecule has 0 aromatic heterocycles. The van der Waals surface area contributed by atoms with Crippen LogP contribution in [0.5, 0.6) is 0 Å². The highest BCUT2D eigenvalue weighted by Gasteiger charge is 2.28. The molecule has 0 bridgehead atoms. The summed E-state index contributed by atoms with van der Waals surface area (Å²) in [5.74, 6) is -0.910. The van der Waals surface area contributed by atoms with Crippen LogP contribution in [0, 0.1) is 0 Å². The van der Waals surface area contributed by atoms with E-state index in [1.165, 1.54) is 17.0 Å². The maximum atomic E-state index is 12.7. The molecule has 2 aromatic rings. The van der Waals surface area contributed by atoms with Gasteiger partial charge in [-0.25, -0.2) is 8.42 Å². The average Bonchev–Trinajstić information content (AvgIpc) is 3.01. The number of hydrogen-bond donors (Lipinski definition) is 1. The monoisotopic (exact) mass is 414 g/mol. The predicted molar refractivity (Wildman–Crippen MR) is 108 cm³/mol. The van der Waals surface area contributed by atoms with E-state index in [9.17, 15) is 22.8 Å². The van der Waals surface area contributed by atoms with Gasteiger partial charge in [0, 0.05) is 18.5 Å². The molecule has 0 unspecified atom stereocenters. The Balaban J connectivity index is 1.74. The SMILES string of the molecule is CCCS(=O)(=O)c1ccccc1C(=O)Nc1ccc(CN2C(=O)CCC2=O)cc1. The number of nitrogens with zero attached hydrogens (tertiary/aromatic N) is 1. The molecule has 1 heterocycles. The standard InChI is InChI=1S/C21H22N2O5S/c1-2-13-29(27,28)18-6-4-3-5-17(18)21(26)22-16-9-7-15(8-10-16)14-23-19(24)11-12-20(23)25/h3-10H,2,11-14H2,1H3,(H,22,26). The lowest BCUT2D eigenvalue weighted by Crippen LogP contribution is -2.28. The lowest BCUT2D eigenvalue weighted by molar-refractivity contribution is -0.139. The first-order valence-electron chi connectivity index (χ1n) is 9.37. The number of hydrogen-bond acceptors (Lipinski definition) is 5. The second-order valence-corrected chi connectivity index (χ2v) is 8.92. The van der Waals surface area contributed by atoms with Crippen molar-refractivity contribution in [1.29, 1.82) is 0 Å². The molecule has 1 fully saturated rings. The predicted octanol–water partition coefficient (Wildman–Crippen LogP) is 2.77. The fourth-order valence-electron chi connectivity index (χ4n) is 3.18.